The Balaban J connectivity index is 1.59. The van der Waals surface area contributed by atoms with E-state index in [9.17, 15) is 92.7 Å². The summed E-state index contributed by atoms with van der Waals surface area (Å²) in [4.78, 5) is 195. The average molecular weight is 1510 g/mol. The molecule has 23 N–H and O–H groups in total. The molecule has 0 saturated carbocycles. The molecule has 0 bridgehead atoms. The number of likely N-dealkylation sites (tertiary alicyclic amines) is 1. The van der Waals surface area contributed by atoms with Crippen molar-refractivity contribution in [2.75, 3.05) is 32.8 Å². The zero-order chi connectivity index (χ0) is 79.6. The number of carbonyl (C=O) groups is 14. The molecule has 4 rings (SSSR count). The van der Waals surface area contributed by atoms with Crippen LogP contribution < -0.4 is 81.0 Å². The van der Waals surface area contributed by atoms with Gasteiger partial charge in [-0.25, -0.2) is 4.79 Å². The number of hydrogen-bond donors (Lipinski definition) is 20. The average Bonchev–Trinajstić information content (AvgIpc) is 1.77. The van der Waals surface area contributed by atoms with Crippen molar-refractivity contribution < 1.29 is 92.7 Å². The fourth-order valence-electron chi connectivity index (χ4n) is 12.3. The second-order valence-corrected chi connectivity index (χ2v) is 28.2. The van der Waals surface area contributed by atoms with Crippen LogP contribution in [0, 0.1) is 11.8 Å². The van der Waals surface area contributed by atoms with Gasteiger partial charge in [0.1, 0.15) is 72.5 Å². The minimum absolute atomic E-state index is 0.0122. The van der Waals surface area contributed by atoms with Crippen LogP contribution in [0.3, 0.4) is 0 Å². The second-order valence-electron chi connectivity index (χ2n) is 28.2. The van der Waals surface area contributed by atoms with Crippen LogP contribution in [0.4, 0.5) is 0 Å². The molecular formula is C72H114N16O19. The summed E-state index contributed by atoms with van der Waals surface area (Å²) in [6.07, 6.45) is -3.31. The predicted molar refractivity (Wildman–Crippen MR) is 390 cm³/mol. The number of rotatable bonds is 47. The Morgan fingerprint density at radius 1 is 0.458 bits per heavy atom. The van der Waals surface area contributed by atoms with Gasteiger partial charge in [0.15, 0.2) is 0 Å². The maximum Gasteiger partial charge on any atom is 0.326 e. The molecule has 35 heteroatoms. The highest BCUT2D eigenvalue weighted by Crippen LogP contribution is 2.21. The summed E-state index contributed by atoms with van der Waals surface area (Å²) in [5.41, 5.74) is 18.0. The molecule has 2 aromatic carbocycles. The molecule has 107 heavy (non-hydrogen) atoms. The summed E-state index contributed by atoms with van der Waals surface area (Å²) in [6, 6.07) is -2.26. The van der Waals surface area contributed by atoms with Crippen molar-refractivity contribution in [1.82, 2.24) is 68.7 Å². The first-order chi connectivity index (χ1) is 50.7. The van der Waals surface area contributed by atoms with E-state index in [1.165, 1.54) is 6.92 Å². The molecular weight excluding hydrogens is 1390 g/mol. The molecule has 2 aromatic rings. The topological polar surface area (TPSA) is 566 Å². The molecule has 16 atom stereocenters. The molecule has 2 aliphatic heterocycles. The van der Waals surface area contributed by atoms with Crippen molar-refractivity contribution >= 4 is 82.8 Å². The Bertz CT molecular complexity index is 3270. The lowest BCUT2D eigenvalue weighted by atomic mass is 9.99. The molecule has 0 aliphatic carbocycles. The molecule has 0 unspecified atom stereocenters. The van der Waals surface area contributed by atoms with Gasteiger partial charge in [0.2, 0.25) is 76.8 Å². The lowest BCUT2D eigenvalue weighted by Gasteiger charge is -2.32. The number of benzene rings is 2. The van der Waals surface area contributed by atoms with E-state index in [1.54, 1.807) is 88.4 Å². The van der Waals surface area contributed by atoms with Gasteiger partial charge in [0.05, 0.1) is 31.0 Å². The number of carbonyl (C=O) groups excluding carboxylic acids is 13. The Labute approximate surface area is 623 Å². The van der Waals surface area contributed by atoms with Gasteiger partial charge < -0.3 is 111 Å². The number of aliphatic hydroxyl groups is 4. The Kier molecular flexibility index (Phi) is 38.8. The molecule has 2 fully saturated rings. The monoisotopic (exact) mass is 1510 g/mol. The van der Waals surface area contributed by atoms with E-state index in [0.29, 0.717) is 56.3 Å². The third-order valence-corrected chi connectivity index (χ3v) is 18.2. The number of unbranched alkanes of at least 4 members (excludes halogenated alkanes) is 2. The Morgan fingerprint density at radius 2 is 0.860 bits per heavy atom. The van der Waals surface area contributed by atoms with E-state index in [2.05, 4.69) is 63.8 Å². The van der Waals surface area contributed by atoms with Gasteiger partial charge in [0, 0.05) is 25.8 Å². The first kappa shape index (κ1) is 90.1. The van der Waals surface area contributed by atoms with Crippen molar-refractivity contribution in [2.45, 2.75) is 248 Å². The van der Waals surface area contributed by atoms with Crippen molar-refractivity contribution in [3.63, 3.8) is 0 Å². The van der Waals surface area contributed by atoms with Crippen LogP contribution in [0.2, 0.25) is 0 Å². The minimum Gasteiger partial charge on any atom is -0.480 e. The van der Waals surface area contributed by atoms with Crippen molar-refractivity contribution in [3.8, 4) is 0 Å². The van der Waals surface area contributed by atoms with Gasteiger partial charge in [-0.1, -0.05) is 88.4 Å². The maximum atomic E-state index is 14.8. The highest BCUT2D eigenvalue weighted by molar-refractivity contribution is 6.00. The highest BCUT2D eigenvalue weighted by Gasteiger charge is 2.44. The van der Waals surface area contributed by atoms with Gasteiger partial charge in [0.25, 0.3) is 0 Å². The first-order valence-electron chi connectivity index (χ1n) is 36.7. The predicted octanol–water partition coefficient (Wildman–Crippen LogP) is -4.62. The number of aliphatic hydroxyl groups excluding tert-OH is 4. The van der Waals surface area contributed by atoms with Crippen LogP contribution in [0.5, 0.6) is 0 Å². The van der Waals surface area contributed by atoms with Crippen LogP contribution in [-0.4, -0.2) is 243 Å². The molecule has 2 saturated heterocycles. The number of hydrogen-bond acceptors (Lipinski definition) is 21. The first-order valence-corrected chi connectivity index (χ1v) is 36.7. The minimum atomic E-state index is -1.82. The fraction of sp³-hybridized carbons (Fsp3) is 0.639. The molecule has 2 heterocycles. The molecule has 596 valence electrons. The third kappa shape index (κ3) is 30.5. The summed E-state index contributed by atoms with van der Waals surface area (Å²) in [5.74, 6) is -13.9. The van der Waals surface area contributed by atoms with Crippen LogP contribution in [0.25, 0.3) is 0 Å². The normalized spacial score (nSPS) is 18.1. The van der Waals surface area contributed by atoms with Gasteiger partial charge in [-0.15, -0.1) is 0 Å². The Morgan fingerprint density at radius 3 is 1.30 bits per heavy atom. The van der Waals surface area contributed by atoms with Crippen molar-refractivity contribution in [2.24, 2.45) is 29.0 Å². The summed E-state index contributed by atoms with van der Waals surface area (Å²) >= 11 is 0. The van der Waals surface area contributed by atoms with E-state index in [4.69, 9.17) is 17.2 Å². The highest BCUT2D eigenvalue weighted by atomic mass is 16.4. The smallest absolute Gasteiger partial charge is 0.326 e. The van der Waals surface area contributed by atoms with E-state index in [1.807, 2.05) is 0 Å². The third-order valence-electron chi connectivity index (χ3n) is 18.2. The SMILES string of the molecule is CC(C)C[C@H](NC(=O)[C@H](CCC(N)=O)NC(=O)[C@H](Cc1ccccc1)NC(=O)[C@H](CCCCN)NC(=O)[C@H](CC(C)C)NC(=O)[C@H](Cc1ccccc1)NC(=O)[C@@H](NC(=O)[C@@H]1CCCN1C(=O)[C@@H](NC(=O)[C@@H](NC(=O)[C@H](CO)NC(=O)[C@@H]1CCCN1)[C@@H](C)O)[C@@H](C)O)[C@@H](C)O)C(=O)N[C@@H](CCCCN)C(=O)O. The lowest BCUT2D eigenvalue weighted by Crippen LogP contribution is -2.64. The summed E-state index contributed by atoms with van der Waals surface area (Å²) in [6.45, 7) is 10.6. The molecule has 35 nitrogen and oxygen atoms in total. The standard InChI is InChI=1S/C72H114N16O19/c1-39(2)34-50(63(97)77-47(24-14-16-30-73)61(95)82-52(36-44-20-10-8-11-21-44)65(99)78-48(28-29-56(75)93)62(96)80-51(35-40(3)4)64(98)79-49(72(106)107)25-15-17-31-74)81-66(100)53(37-45-22-12-9-13-23-45)83-69(103)57(41(5)90)86-68(102)55-27-19-33-88(55)71(105)59(43(7)92)87-70(104)58(42(6)91)85-67(101)54(38-89)84-60(94)46-26-18-32-76-46/h8-13,20-23,39-43,46-55,57-59,76,89-92H,14-19,24-38,73-74H2,1-7H3,(H2,75,93)(H,77,97)(H,78,99)(H,79,98)(H,80,96)(H,81,100)(H,82,95)(H,83,103)(H,84,94)(H,85,101)(H,86,102)(H,87,104)(H,106,107)/t41-,42-,43-,46+,47+,48+,49+,50+,51+,52+,53+,54+,55+,57+,58+,59+/m1/s1. The number of carboxylic acid groups (broad SMARTS) is 1. The van der Waals surface area contributed by atoms with E-state index < -0.39 is 193 Å². The number of amides is 13. The van der Waals surface area contributed by atoms with Crippen molar-refractivity contribution in [3.05, 3.63) is 71.8 Å². The van der Waals surface area contributed by atoms with Gasteiger partial charge in [-0.3, -0.25) is 62.3 Å². The molecule has 0 spiro atoms. The largest absolute Gasteiger partial charge is 0.480 e. The van der Waals surface area contributed by atoms with Gasteiger partial charge in [-0.05, 0) is 147 Å². The number of nitrogens with two attached hydrogens (primary N) is 3. The van der Waals surface area contributed by atoms with E-state index in [0.717, 1.165) is 18.7 Å². The maximum absolute atomic E-state index is 14.8. The second kappa shape index (κ2) is 46.1. The van der Waals surface area contributed by atoms with Crippen LogP contribution in [0.15, 0.2) is 60.7 Å². The quantitative estimate of drug-likeness (QED) is 0.0277. The number of nitrogens with one attached hydrogen (secondary N) is 12. The zero-order valence-electron chi connectivity index (χ0n) is 62.1. The van der Waals surface area contributed by atoms with Gasteiger partial charge >= 0.3 is 5.97 Å². The van der Waals surface area contributed by atoms with Crippen molar-refractivity contribution in [1.29, 1.82) is 0 Å². The number of nitrogens with zero attached hydrogens (tertiary/aromatic N) is 1. The fourth-order valence-corrected chi connectivity index (χ4v) is 12.3. The summed E-state index contributed by atoms with van der Waals surface area (Å²) in [5, 5.41) is 83.5. The molecule has 0 aromatic heterocycles. The number of primary amides is 1. The molecule has 13 amide bonds. The number of aliphatic carboxylic acids is 1. The zero-order valence-corrected chi connectivity index (χ0v) is 62.1. The Hall–Kier alpha value is -9.26. The van der Waals surface area contributed by atoms with E-state index >= 15 is 0 Å². The summed E-state index contributed by atoms with van der Waals surface area (Å²) in [7, 11) is 0. The lowest BCUT2D eigenvalue weighted by molar-refractivity contribution is -0.145. The summed E-state index contributed by atoms with van der Waals surface area (Å²) < 4.78 is 0. The molecule has 2 aliphatic rings. The van der Waals surface area contributed by atoms with Crippen LogP contribution in [0.1, 0.15) is 149 Å². The van der Waals surface area contributed by atoms with Gasteiger partial charge in [-0.2, -0.15) is 0 Å². The molecule has 0 radical (unpaired) electrons. The van der Waals surface area contributed by atoms with E-state index in [-0.39, 0.29) is 89.1 Å². The van der Waals surface area contributed by atoms with Crippen LogP contribution >= 0.6 is 0 Å². The number of carboxylic acids is 1. The van der Waals surface area contributed by atoms with Crippen LogP contribution in [-0.2, 0) is 80.0 Å².